The lowest BCUT2D eigenvalue weighted by Gasteiger charge is -2.33. The highest BCUT2D eigenvalue weighted by molar-refractivity contribution is 5.92. The number of likely N-dealkylation sites (tertiary alicyclic amines) is 1. The SMILES string of the molecule is O=C(NC1CCCN(Cc2ccccc2)C1)c1ccc(=O)[nH]n1. The van der Waals surface area contributed by atoms with Gasteiger partial charge in [-0.1, -0.05) is 30.3 Å². The summed E-state index contributed by atoms with van der Waals surface area (Å²) in [5.41, 5.74) is 1.21. The smallest absolute Gasteiger partial charge is 0.271 e. The molecule has 6 nitrogen and oxygen atoms in total. The summed E-state index contributed by atoms with van der Waals surface area (Å²) in [6.45, 7) is 2.76. The molecule has 1 aliphatic rings. The van der Waals surface area contributed by atoms with Crippen LogP contribution in [-0.2, 0) is 6.54 Å². The Balaban J connectivity index is 1.57. The van der Waals surface area contributed by atoms with E-state index in [2.05, 4.69) is 32.5 Å². The van der Waals surface area contributed by atoms with Gasteiger partial charge in [-0.15, -0.1) is 0 Å². The van der Waals surface area contributed by atoms with Crippen molar-refractivity contribution in [1.29, 1.82) is 0 Å². The summed E-state index contributed by atoms with van der Waals surface area (Å²) in [6, 6.07) is 13.2. The van der Waals surface area contributed by atoms with Crippen LogP contribution in [0.4, 0.5) is 0 Å². The third kappa shape index (κ3) is 4.26. The van der Waals surface area contributed by atoms with Gasteiger partial charge in [0.05, 0.1) is 0 Å². The zero-order valence-corrected chi connectivity index (χ0v) is 12.9. The van der Waals surface area contributed by atoms with E-state index in [1.807, 2.05) is 18.2 Å². The Morgan fingerprint density at radius 1 is 1.26 bits per heavy atom. The van der Waals surface area contributed by atoms with Crippen molar-refractivity contribution in [1.82, 2.24) is 20.4 Å². The van der Waals surface area contributed by atoms with Gasteiger partial charge in [0.25, 0.3) is 11.5 Å². The van der Waals surface area contributed by atoms with Gasteiger partial charge in [0.2, 0.25) is 0 Å². The summed E-state index contributed by atoms with van der Waals surface area (Å²) in [6.07, 6.45) is 2.01. The van der Waals surface area contributed by atoms with Crippen LogP contribution in [0.25, 0.3) is 0 Å². The monoisotopic (exact) mass is 312 g/mol. The molecule has 1 amide bonds. The van der Waals surface area contributed by atoms with Gasteiger partial charge in [0, 0.05) is 25.2 Å². The second kappa shape index (κ2) is 7.19. The van der Waals surface area contributed by atoms with Crippen molar-refractivity contribution in [2.24, 2.45) is 0 Å². The van der Waals surface area contributed by atoms with E-state index in [1.165, 1.54) is 17.7 Å². The van der Waals surface area contributed by atoms with Gasteiger partial charge in [-0.3, -0.25) is 14.5 Å². The number of piperidine rings is 1. The van der Waals surface area contributed by atoms with Gasteiger partial charge >= 0.3 is 0 Å². The number of hydrogen-bond donors (Lipinski definition) is 2. The highest BCUT2D eigenvalue weighted by Gasteiger charge is 2.22. The Kier molecular flexibility index (Phi) is 4.83. The van der Waals surface area contributed by atoms with Crippen LogP contribution in [0.1, 0.15) is 28.9 Å². The maximum absolute atomic E-state index is 12.2. The molecule has 1 unspecified atom stereocenters. The molecule has 2 aromatic rings. The summed E-state index contributed by atoms with van der Waals surface area (Å²) in [5, 5.41) is 9.06. The highest BCUT2D eigenvalue weighted by atomic mass is 16.2. The first-order chi connectivity index (χ1) is 11.2. The second-order valence-electron chi connectivity index (χ2n) is 5.84. The van der Waals surface area contributed by atoms with Gasteiger partial charge in [-0.05, 0) is 31.0 Å². The number of nitrogens with one attached hydrogen (secondary N) is 2. The fraction of sp³-hybridized carbons (Fsp3) is 0.353. The molecule has 1 atom stereocenters. The fourth-order valence-electron chi connectivity index (χ4n) is 2.89. The maximum Gasteiger partial charge on any atom is 0.271 e. The lowest BCUT2D eigenvalue weighted by molar-refractivity contribution is 0.0894. The first-order valence-electron chi connectivity index (χ1n) is 7.83. The zero-order valence-electron chi connectivity index (χ0n) is 12.9. The van der Waals surface area contributed by atoms with Crippen molar-refractivity contribution in [3.05, 3.63) is 64.1 Å². The number of amides is 1. The molecule has 2 N–H and O–H groups in total. The standard InChI is InChI=1S/C17H20N4O2/c22-16-9-8-15(19-20-16)17(23)18-14-7-4-10-21(12-14)11-13-5-2-1-3-6-13/h1-3,5-6,8-9,14H,4,7,10-12H2,(H,18,23)(H,20,22). The molecule has 23 heavy (non-hydrogen) atoms. The lowest BCUT2D eigenvalue weighted by Crippen LogP contribution is -2.47. The fourth-order valence-corrected chi connectivity index (χ4v) is 2.89. The zero-order chi connectivity index (χ0) is 16.1. The molecule has 120 valence electrons. The molecule has 3 rings (SSSR count). The molecule has 0 saturated carbocycles. The predicted octanol–water partition coefficient (Wildman–Crippen LogP) is 1.16. The number of benzene rings is 1. The number of carbonyl (C=O) groups is 1. The van der Waals surface area contributed by atoms with Crippen molar-refractivity contribution < 1.29 is 4.79 Å². The first kappa shape index (κ1) is 15.4. The number of aromatic nitrogens is 2. The normalized spacial score (nSPS) is 18.5. The van der Waals surface area contributed by atoms with Crippen LogP contribution in [0.2, 0.25) is 0 Å². The van der Waals surface area contributed by atoms with E-state index in [9.17, 15) is 9.59 Å². The van der Waals surface area contributed by atoms with Gasteiger partial charge in [-0.2, -0.15) is 5.10 Å². The van der Waals surface area contributed by atoms with Gasteiger partial charge < -0.3 is 5.32 Å². The van der Waals surface area contributed by atoms with E-state index in [0.29, 0.717) is 0 Å². The number of nitrogens with zero attached hydrogens (tertiary/aromatic N) is 2. The third-order valence-corrected chi connectivity index (χ3v) is 4.00. The van der Waals surface area contributed by atoms with Gasteiger partial charge in [0.1, 0.15) is 5.69 Å². The second-order valence-corrected chi connectivity index (χ2v) is 5.84. The van der Waals surface area contributed by atoms with Crippen LogP contribution < -0.4 is 10.9 Å². The number of H-pyrrole nitrogens is 1. The Labute approximate surface area is 134 Å². The van der Waals surface area contributed by atoms with E-state index in [0.717, 1.165) is 32.5 Å². The number of rotatable bonds is 4. The molecule has 1 aromatic heterocycles. The average molecular weight is 312 g/mol. The minimum absolute atomic E-state index is 0.105. The molecule has 1 aliphatic heterocycles. The molecular formula is C17H20N4O2. The molecule has 0 bridgehead atoms. The summed E-state index contributed by atoms with van der Waals surface area (Å²) < 4.78 is 0. The van der Waals surface area contributed by atoms with Crippen molar-refractivity contribution in [3.63, 3.8) is 0 Å². The van der Waals surface area contributed by atoms with Crippen LogP contribution in [0.3, 0.4) is 0 Å². The van der Waals surface area contributed by atoms with Gasteiger partial charge in [-0.25, -0.2) is 5.10 Å². The molecule has 1 aromatic carbocycles. The first-order valence-corrected chi connectivity index (χ1v) is 7.83. The molecule has 0 radical (unpaired) electrons. The average Bonchev–Trinajstić information content (AvgIpc) is 2.57. The quantitative estimate of drug-likeness (QED) is 0.888. The Bertz CT molecular complexity index is 694. The predicted molar refractivity (Wildman–Crippen MR) is 87.1 cm³/mol. The largest absolute Gasteiger partial charge is 0.347 e. The minimum atomic E-state index is -0.312. The van der Waals surface area contributed by atoms with E-state index in [4.69, 9.17) is 0 Å². The number of hydrogen-bond acceptors (Lipinski definition) is 4. The number of carbonyl (C=O) groups excluding carboxylic acids is 1. The number of aromatic amines is 1. The molecule has 0 aliphatic carbocycles. The van der Waals surface area contributed by atoms with Crippen LogP contribution in [0, 0.1) is 0 Å². The summed E-state index contributed by atoms with van der Waals surface area (Å²) >= 11 is 0. The Morgan fingerprint density at radius 2 is 2.09 bits per heavy atom. The van der Waals surface area contributed by atoms with Crippen LogP contribution >= 0.6 is 0 Å². The van der Waals surface area contributed by atoms with Crippen LogP contribution in [-0.4, -0.2) is 40.1 Å². The van der Waals surface area contributed by atoms with Crippen molar-refractivity contribution >= 4 is 5.91 Å². The Hall–Kier alpha value is -2.47. The topological polar surface area (TPSA) is 78.1 Å². The van der Waals surface area contributed by atoms with Crippen molar-refractivity contribution in [2.45, 2.75) is 25.4 Å². The summed E-state index contributed by atoms with van der Waals surface area (Å²) in [5.74, 6) is -0.243. The molecular weight excluding hydrogens is 292 g/mol. The maximum atomic E-state index is 12.2. The van der Waals surface area contributed by atoms with E-state index in [1.54, 1.807) is 0 Å². The molecule has 6 heteroatoms. The van der Waals surface area contributed by atoms with E-state index >= 15 is 0 Å². The Morgan fingerprint density at radius 3 is 2.83 bits per heavy atom. The van der Waals surface area contributed by atoms with E-state index < -0.39 is 0 Å². The minimum Gasteiger partial charge on any atom is -0.347 e. The molecule has 2 heterocycles. The van der Waals surface area contributed by atoms with Crippen LogP contribution in [0.15, 0.2) is 47.3 Å². The van der Waals surface area contributed by atoms with Gasteiger partial charge in [0.15, 0.2) is 0 Å². The van der Waals surface area contributed by atoms with Crippen molar-refractivity contribution in [3.8, 4) is 0 Å². The van der Waals surface area contributed by atoms with Crippen LogP contribution in [0.5, 0.6) is 0 Å². The lowest BCUT2D eigenvalue weighted by atomic mass is 10.0. The summed E-state index contributed by atoms with van der Waals surface area (Å²) in [4.78, 5) is 25.5. The third-order valence-electron chi connectivity index (χ3n) is 4.00. The summed E-state index contributed by atoms with van der Waals surface area (Å²) in [7, 11) is 0. The molecule has 1 fully saturated rings. The van der Waals surface area contributed by atoms with Crippen molar-refractivity contribution in [2.75, 3.05) is 13.1 Å². The van der Waals surface area contributed by atoms with E-state index in [-0.39, 0.29) is 23.2 Å². The molecule has 0 spiro atoms. The highest BCUT2D eigenvalue weighted by Crippen LogP contribution is 2.14. The molecule has 1 saturated heterocycles.